The average molecular weight is 264 g/mol. The van der Waals surface area contributed by atoms with E-state index in [9.17, 15) is 0 Å². The summed E-state index contributed by atoms with van der Waals surface area (Å²) < 4.78 is 0. The van der Waals surface area contributed by atoms with Crippen LogP contribution in [0, 0.1) is 6.92 Å². The van der Waals surface area contributed by atoms with Gasteiger partial charge in [-0.3, -0.25) is 0 Å². The van der Waals surface area contributed by atoms with Gasteiger partial charge in [0.2, 0.25) is 0 Å². The Kier molecular flexibility index (Phi) is 3.91. The van der Waals surface area contributed by atoms with Crippen molar-refractivity contribution in [2.45, 2.75) is 52.4 Å². The third-order valence-corrected chi connectivity index (χ3v) is 4.42. The van der Waals surface area contributed by atoms with Crippen LogP contribution in [0.3, 0.4) is 0 Å². The van der Waals surface area contributed by atoms with E-state index in [0.717, 1.165) is 6.42 Å². The lowest BCUT2D eigenvalue weighted by atomic mass is 10.00. The number of benzene rings is 2. The third-order valence-electron chi connectivity index (χ3n) is 4.42. The summed E-state index contributed by atoms with van der Waals surface area (Å²) in [6.07, 6.45) is 7.75. The molecule has 0 unspecified atom stereocenters. The molecule has 20 heavy (non-hydrogen) atoms. The molecule has 0 saturated heterocycles. The highest BCUT2D eigenvalue weighted by Crippen LogP contribution is 2.37. The summed E-state index contributed by atoms with van der Waals surface area (Å²) >= 11 is 0. The van der Waals surface area contributed by atoms with Crippen molar-refractivity contribution >= 4 is 0 Å². The van der Waals surface area contributed by atoms with Crippen LogP contribution in [0.15, 0.2) is 36.4 Å². The highest BCUT2D eigenvalue weighted by Gasteiger charge is 2.18. The Morgan fingerprint density at radius 2 is 1.60 bits per heavy atom. The van der Waals surface area contributed by atoms with Gasteiger partial charge < -0.3 is 0 Å². The second-order valence-electron chi connectivity index (χ2n) is 6.14. The Labute approximate surface area is 122 Å². The molecule has 0 aromatic heterocycles. The molecule has 0 spiro atoms. The summed E-state index contributed by atoms with van der Waals surface area (Å²) in [4.78, 5) is 0. The molecule has 0 amide bonds. The Balaban J connectivity index is 1.76. The number of fused-ring (bicyclic) bond motifs is 3. The van der Waals surface area contributed by atoms with Crippen molar-refractivity contribution in [2.24, 2.45) is 0 Å². The van der Waals surface area contributed by atoms with Crippen LogP contribution in [0.1, 0.15) is 54.9 Å². The summed E-state index contributed by atoms with van der Waals surface area (Å²) in [7, 11) is 0. The van der Waals surface area contributed by atoms with Crippen molar-refractivity contribution in [2.75, 3.05) is 0 Å². The molecule has 3 rings (SSSR count). The minimum atomic E-state index is 1.12. The third kappa shape index (κ3) is 2.65. The Bertz CT molecular complexity index is 607. The van der Waals surface area contributed by atoms with E-state index >= 15 is 0 Å². The summed E-state index contributed by atoms with van der Waals surface area (Å²) in [5.41, 5.74) is 8.82. The second kappa shape index (κ2) is 5.83. The topological polar surface area (TPSA) is 0 Å². The molecule has 0 atom stereocenters. The number of hydrogen-bond acceptors (Lipinski definition) is 0. The first kappa shape index (κ1) is 13.4. The molecule has 0 aliphatic heterocycles. The van der Waals surface area contributed by atoms with Crippen molar-refractivity contribution in [3.8, 4) is 11.1 Å². The summed E-state index contributed by atoms with van der Waals surface area (Å²) in [6, 6.07) is 14.0. The van der Waals surface area contributed by atoms with E-state index in [1.165, 1.54) is 65.5 Å². The molecular weight excluding hydrogens is 240 g/mol. The lowest BCUT2D eigenvalue weighted by Crippen LogP contribution is -1.89. The minimum absolute atomic E-state index is 1.12. The maximum absolute atomic E-state index is 2.44. The number of unbranched alkanes of at least 4 members (excludes halogenated alkanes) is 3. The lowest BCUT2D eigenvalue weighted by molar-refractivity contribution is 0.667. The van der Waals surface area contributed by atoms with Gasteiger partial charge in [0.1, 0.15) is 0 Å². The quantitative estimate of drug-likeness (QED) is 0.519. The van der Waals surface area contributed by atoms with E-state index in [-0.39, 0.29) is 0 Å². The zero-order valence-electron chi connectivity index (χ0n) is 12.7. The molecule has 0 radical (unpaired) electrons. The van der Waals surface area contributed by atoms with Crippen molar-refractivity contribution in [3.63, 3.8) is 0 Å². The van der Waals surface area contributed by atoms with E-state index in [4.69, 9.17) is 0 Å². The van der Waals surface area contributed by atoms with Gasteiger partial charge in [0, 0.05) is 0 Å². The van der Waals surface area contributed by atoms with E-state index in [2.05, 4.69) is 50.2 Å². The van der Waals surface area contributed by atoms with Crippen LogP contribution in [0.4, 0.5) is 0 Å². The second-order valence-corrected chi connectivity index (χ2v) is 6.14. The summed E-state index contributed by atoms with van der Waals surface area (Å²) in [6.45, 7) is 4.46. The van der Waals surface area contributed by atoms with Gasteiger partial charge in [-0.25, -0.2) is 0 Å². The van der Waals surface area contributed by atoms with Crippen LogP contribution in [-0.4, -0.2) is 0 Å². The fraction of sp³-hybridized carbons (Fsp3) is 0.400. The molecule has 0 saturated carbocycles. The maximum Gasteiger partial charge on any atom is -0.00133 e. The van der Waals surface area contributed by atoms with Gasteiger partial charge in [-0.05, 0) is 54.0 Å². The van der Waals surface area contributed by atoms with E-state index in [1.807, 2.05) is 0 Å². The Hall–Kier alpha value is -1.56. The molecule has 2 aromatic carbocycles. The average Bonchev–Trinajstić information content (AvgIpc) is 2.80. The largest absolute Gasteiger partial charge is 0.0654 e. The van der Waals surface area contributed by atoms with Gasteiger partial charge in [-0.2, -0.15) is 0 Å². The molecule has 1 aliphatic rings. The molecule has 0 nitrogen and oxygen atoms in total. The lowest BCUT2D eigenvalue weighted by Gasteiger charge is -2.05. The summed E-state index contributed by atoms with van der Waals surface area (Å²) in [5, 5.41) is 0. The van der Waals surface area contributed by atoms with Crippen LogP contribution in [0.5, 0.6) is 0 Å². The molecule has 104 valence electrons. The molecule has 0 N–H and O–H groups in total. The highest BCUT2D eigenvalue weighted by atomic mass is 14.2. The molecule has 0 heteroatoms. The van der Waals surface area contributed by atoms with Crippen molar-refractivity contribution < 1.29 is 0 Å². The normalized spacial score (nSPS) is 12.3. The van der Waals surface area contributed by atoms with Gasteiger partial charge in [-0.1, -0.05) is 68.1 Å². The first-order valence-electron chi connectivity index (χ1n) is 7.99. The molecule has 0 fully saturated rings. The van der Waals surface area contributed by atoms with Crippen LogP contribution in [-0.2, 0) is 12.8 Å². The first-order valence-corrected chi connectivity index (χ1v) is 7.99. The summed E-state index contributed by atoms with van der Waals surface area (Å²) in [5.74, 6) is 0. The van der Waals surface area contributed by atoms with Gasteiger partial charge in [0.15, 0.2) is 0 Å². The van der Waals surface area contributed by atoms with E-state index in [1.54, 1.807) is 0 Å². The number of aryl methyl sites for hydroxylation is 2. The zero-order chi connectivity index (χ0) is 13.9. The monoisotopic (exact) mass is 264 g/mol. The van der Waals surface area contributed by atoms with Crippen LogP contribution in [0.2, 0.25) is 0 Å². The Morgan fingerprint density at radius 3 is 2.40 bits per heavy atom. The standard InChI is InChI=1S/C20H24/c1-3-4-5-6-7-16-9-11-20-18(13-16)14-17-12-15(2)8-10-19(17)20/h8-13H,3-7,14H2,1-2H3. The molecule has 2 aromatic rings. The molecule has 0 heterocycles. The van der Waals surface area contributed by atoms with Crippen molar-refractivity contribution in [1.82, 2.24) is 0 Å². The smallest absolute Gasteiger partial charge is 0.00133 e. The predicted octanol–water partition coefficient (Wildman–Crippen LogP) is 5.69. The van der Waals surface area contributed by atoms with E-state index in [0.29, 0.717) is 0 Å². The zero-order valence-corrected chi connectivity index (χ0v) is 12.7. The first-order chi connectivity index (χ1) is 9.78. The fourth-order valence-corrected chi connectivity index (χ4v) is 3.30. The fourth-order valence-electron chi connectivity index (χ4n) is 3.30. The molecular formula is C20H24. The van der Waals surface area contributed by atoms with Gasteiger partial charge in [0.05, 0.1) is 0 Å². The van der Waals surface area contributed by atoms with Crippen LogP contribution in [0.25, 0.3) is 11.1 Å². The van der Waals surface area contributed by atoms with Gasteiger partial charge in [0.25, 0.3) is 0 Å². The van der Waals surface area contributed by atoms with Crippen LogP contribution >= 0.6 is 0 Å². The van der Waals surface area contributed by atoms with Crippen molar-refractivity contribution in [1.29, 1.82) is 0 Å². The molecule has 0 bridgehead atoms. The Morgan fingerprint density at radius 1 is 0.850 bits per heavy atom. The van der Waals surface area contributed by atoms with Crippen LogP contribution < -0.4 is 0 Å². The predicted molar refractivity (Wildman–Crippen MR) is 87.3 cm³/mol. The van der Waals surface area contributed by atoms with Crippen molar-refractivity contribution in [3.05, 3.63) is 58.7 Å². The van der Waals surface area contributed by atoms with Gasteiger partial charge in [-0.15, -0.1) is 0 Å². The molecule has 1 aliphatic carbocycles. The SMILES string of the molecule is CCCCCCc1ccc2c(c1)Cc1cc(C)ccc1-2. The number of hydrogen-bond donors (Lipinski definition) is 0. The highest BCUT2D eigenvalue weighted by molar-refractivity contribution is 5.77. The van der Waals surface area contributed by atoms with Gasteiger partial charge >= 0.3 is 0 Å². The van der Waals surface area contributed by atoms with E-state index < -0.39 is 0 Å². The minimum Gasteiger partial charge on any atom is -0.0654 e. The number of rotatable bonds is 5. The maximum atomic E-state index is 2.44.